The molecule has 1 saturated carbocycles. The topological polar surface area (TPSA) is 175 Å². The Hall–Kier alpha value is -5.96. The fraction of sp³-hybridized carbons (Fsp3) is 0.458. The second kappa shape index (κ2) is 17.7. The minimum absolute atomic E-state index is 0.0654. The molecular formula is C48H60N8O6Si. The summed E-state index contributed by atoms with van der Waals surface area (Å²) < 4.78 is 9.71. The van der Waals surface area contributed by atoms with Gasteiger partial charge in [0.2, 0.25) is 11.8 Å². The lowest BCUT2D eigenvalue weighted by Gasteiger charge is -2.37. The van der Waals surface area contributed by atoms with Gasteiger partial charge in [-0.3, -0.25) is 9.59 Å². The van der Waals surface area contributed by atoms with E-state index >= 15 is 0 Å². The molecule has 3 heterocycles. The van der Waals surface area contributed by atoms with Crippen LogP contribution >= 0.6 is 0 Å². The van der Waals surface area contributed by atoms with E-state index in [0.717, 1.165) is 98.7 Å². The van der Waals surface area contributed by atoms with Crippen LogP contribution in [0.4, 0.5) is 9.59 Å². The summed E-state index contributed by atoms with van der Waals surface area (Å²) in [6.07, 6.45) is 4.56. The monoisotopic (exact) mass is 872 g/mol. The molecule has 332 valence electrons. The largest absolute Gasteiger partial charge is 0.453 e. The number of hydrogen-bond acceptors (Lipinski definition) is 8. The number of ether oxygens (including phenoxy) is 2. The van der Waals surface area contributed by atoms with Gasteiger partial charge in [0.1, 0.15) is 23.7 Å². The SMILES string of the molecule is COC(=O)NC(C(=O)N(Cc1nc2c(ccc3cc(-c4ccc5c(ccc6[nH]c(C7C[Si](C)(C)CN7C(=O)C(NC(=O)OC)C(C)C)nc65)c4)ccc32)[nH]1)C1CCCCC1)C(C)C. The zero-order valence-electron chi connectivity index (χ0n) is 37.6. The maximum Gasteiger partial charge on any atom is 0.407 e. The number of aromatic amines is 2. The number of hydrogen-bond donors (Lipinski definition) is 4. The molecule has 4 amide bonds. The summed E-state index contributed by atoms with van der Waals surface area (Å²) in [7, 11) is 0.830. The van der Waals surface area contributed by atoms with Crippen LogP contribution in [-0.2, 0) is 25.6 Å². The highest BCUT2D eigenvalue weighted by Crippen LogP contribution is 2.40. The fourth-order valence-electron chi connectivity index (χ4n) is 9.71. The predicted octanol–water partition coefficient (Wildman–Crippen LogP) is 8.97. The first kappa shape index (κ1) is 43.7. The van der Waals surface area contributed by atoms with Crippen LogP contribution in [0.15, 0.2) is 60.7 Å². The number of nitrogens with zero attached hydrogens (tertiary/aromatic N) is 4. The van der Waals surface area contributed by atoms with E-state index in [2.05, 4.69) is 88.3 Å². The van der Waals surface area contributed by atoms with Crippen molar-refractivity contribution >= 4 is 75.7 Å². The first-order valence-electron chi connectivity index (χ1n) is 22.3. The third-order valence-corrected chi connectivity index (χ3v) is 15.7. The molecule has 1 saturated heterocycles. The molecule has 63 heavy (non-hydrogen) atoms. The highest BCUT2D eigenvalue weighted by atomic mass is 28.3. The van der Waals surface area contributed by atoms with Gasteiger partial charge >= 0.3 is 12.2 Å². The summed E-state index contributed by atoms with van der Waals surface area (Å²) in [6.45, 7) is 12.6. The zero-order valence-corrected chi connectivity index (χ0v) is 38.6. The number of carbonyl (C=O) groups is 4. The van der Waals surface area contributed by atoms with Gasteiger partial charge in [0.15, 0.2) is 0 Å². The van der Waals surface area contributed by atoms with Crippen LogP contribution in [0.5, 0.6) is 0 Å². The average Bonchev–Trinajstić information content (AvgIpc) is 4.00. The van der Waals surface area contributed by atoms with Crippen molar-refractivity contribution < 1.29 is 28.7 Å². The number of amides is 4. The Balaban J connectivity index is 1.06. The van der Waals surface area contributed by atoms with Crippen LogP contribution < -0.4 is 10.6 Å². The van der Waals surface area contributed by atoms with Crippen LogP contribution in [0.2, 0.25) is 19.1 Å². The second-order valence-electron chi connectivity index (χ2n) is 18.9. The zero-order chi connectivity index (χ0) is 44.7. The molecule has 0 radical (unpaired) electrons. The van der Waals surface area contributed by atoms with Crippen molar-refractivity contribution in [3.05, 3.63) is 72.3 Å². The van der Waals surface area contributed by atoms with Gasteiger partial charge < -0.3 is 39.9 Å². The Morgan fingerprint density at radius 1 is 0.762 bits per heavy atom. The van der Waals surface area contributed by atoms with Crippen LogP contribution in [0.1, 0.15) is 77.5 Å². The molecule has 6 aromatic rings. The molecule has 0 spiro atoms. The highest BCUT2D eigenvalue weighted by Gasteiger charge is 2.46. The van der Waals surface area contributed by atoms with Gasteiger partial charge in [0, 0.05) is 23.0 Å². The van der Waals surface area contributed by atoms with Crippen molar-refractivity contribution in [3.8, 4) is 11.1 Å². The number of benzene rings is 4. The Morgan fingerprint density at radius 3 is 1.89 bits per heavy atom. The first-order valence-corrected chi connectivity index (χ1v) is 25.7. The minimum atomic E-state index is -1.79. The summed E-state index contributed by atoms with van der Waals surface area (Å²) in [4.78, 5) is 73.8. The number of alkyl carbamates (subject to hydrolysis) is 2. The van der Waals surface area contributed by atoms with Crippen LogP contribution in [0.3, 0.4) is 0 Å². The molecule has 3 unspecified atom stereocenters. The highest BCUT2D eigenvalue weighted by molar-refractivity contribution is 6.78. The van der Waals surface area contributed by atoms with Gasteiger partial charge in [-0.25, -0.2) is 19.6 Å². The van der Waals surface area contributed by atoms with Crippen molar-refractivity contribution in [1.29, 1.82) is 0 Å². The van der Waals surface area contributed by atoms with E-state index in [1.165, 1.54) is 14.2 Å². The summed E-state index contributed by atoms with van der Waals surface area (Å²) in [5.41, 5.74) is 5.66. The van der Waals surface area contributed by atoms with Gasteiger partial charge in [-0.2, -0.15) is 0 Å². The maximum absolute atomic E-state index is 14.2. The Bertz CT molecular complexity index is 2700. The smallest absolute Gasteiger partial charge is 0.407 e. The number of methoxy groups -OCH3 is 2. The van der Waals surface area contributed by atoms with E-state index in [0.29, 0.717) is 18.5 Å². The molecule has 1 aliphatic carbocycles. The van der Waals surface area contributed by atoms with E-state index < -0.39 is 32.3 Å². The lowest BCUT2D eigenvalue weighted by molar-refractivity contribution is -0.138. The third kappa shape index (κ3) is 8.84. The molecule has 15 heteroatoms. The second-order valence-corrected chi connectivity index (χ2v) is 24.0. The van der Waals surface area contributed by atoms with Crippen LogP contribution in [-0.4, -0.2) is 100 Å². The Kier molecular flexibility index (Phi) is 12.2. The van der Waals surface area contributed by atoms with Crippen molar-refractivity contribution in [2.75, 3.05) is 20.4 Å². The van der Waals surface area contributed by atoms with Gasteiger partial charge in [-0.05, 0) is 76.9 Å². The number of H-pyrrole nitrogens is 2. The number of nitrogens with one attached hydrogen (secondary N) is 4. The predicted molar refractivity (Wildman–Crippen MR) is 249 cm³/mol. The Labute approximate surface area is 368 Å². The number of fused-ring (bicyclic) bond motifs is 6. The first-order chi connectivity index (χ1) is 30.1. The third-order valence-electron chi connectivity index (χ3n) is 13.1. The van der Waals surface area contributed by atoms with Crippen LogP contribution in [0.25, 0.3) is 54.7 Å². The Morgan fingerprint density at radius 2 is 1.32 bits per heavy atom. The van der Waals surface area contributed by atoms with Crippen molar-refractivity contribution in [1.82, 2.24) is 40.4 Å². The number of imidazole rings is 2. The quantitative estimate of drug-likeness (QED) is 0.0934. The maximum atomic E-state index is 14.2. The van der Waals surface area contributed by atoms with E-state index in [1.54, 1.807) is 0 Å². The van der Waals surface area contributed by atoms with E-state index in [9.17, 15) is 19.2 Å². The van der Waals surface area contributed by atoms with Gasteiger partial charge in [0.25, 0.3) is 0 Å². The lowest BCUT2D eigenvalue weighted by Crippen LogP contribution is -2.54. The molecule has 2 aliphatic rings. The summed E-state index contributed by atoms with van der Waals surface area (Å²) >= 11 is 0. The molecule has 4 N–H and O–H groups in total. The van der Waals surface area contributed by atoms with Crippen molar-refractivity contribution in [2.24, 2.45) is 11.8 Å². The summed E-state index contributed by atoms with van der Waals surface area (Å²) in [6, 6.07) is 20.5. The average molecular weight is 873 g/mol. The van der Waals surface area contributed by atoms with Crippen LogP contribution in [0, 0.1) is 11.8 Å². The minimum Gasteiger partial charge on any atom is -0.453 e. The molecule has 14 nitrogen and oxygen atoms in total. The van der Waals surface area contributed by atoms with E-state index in [1.807, 2.05) is 43.6 Å². The normalized spacial score (nSPS) is 17.7. The lowest BCUT2D eigenvalue weighted by atomic mass is 9.92. The molecule has 1 aliphatic heterocycles. The molecule has 2 aromatic heterocycles. The summed E-state index contributed by atoms with van der Waals surface area (Å²) in [5.74, 6) is 0.993. The fourth-order valence-corrected chi connectivity index (χ4v) is 12.6. The molecular weight excluding hydrogens is 813 g/mol. The number of rotatable bonds is 11. The molecule has 0 bridgehead atoms. The molecule has 2 fully saturated rings. The van der Waals surface area contributed by atoms with E-state index in [4.69, 9.17) is 19.4 Å². The van der Waals surface area contributed by atoms with Gasteiger partial charge in [-0.1, -0.05) is 96.4 Å². The van der Waals surface area contributed by atoms with Crippen molar-refractivity contribution in [3.63, 3.8) is 0 Å². The molecule has 8 rings (SSSR count). The van der Waals surface area contributed by atoms with Crippen molar-refractivity contribution in [2.45, 2.75) is 110 Å². The standard InChI is InChI=1S/C48H60N8O6Si/c1-27(2)40(53-47(59)61-5)45(57)55(33-12-10-9-11-13-33)24-39-49-36-20-16-31-22-29(14-18-34(31)42(36)51-39)30-15-19-35-32(23-30)17-21-37-43(35)52-44(50-37)38-25-63(7,8)26-56(38)46(58)41(28(3)4)54-48(60)62-6/h14-23,27-28,33,38,40-41H,9-13,24-26H2,1-8H3,(H,49,51)(H,50,52)(H,53,59)(H,54,60). The van der Waals surface area contributed by atoms with Gasteiger partial charge in [0.05, 0.1) is 56.9 Å². The van der Waals surface area contributed by atoms with E-state index in [-0.39, 0.29) is 35.7 Å². The van der Waals surface area contributed by atoms with Gasteiger partial charge in [-0.15, -0.1) is 0 Å². The number of carbonyl (C=O) groups excluding carboxylic acids is 4. The molecule has 4 aromatic carbocycles. The molecule has 3 atom stereocenters. The summed E-state index contributed by atoms with van der Waals surface area (Å²) in [5, 5.41) is 9.68. The number of aromatic nitrogens is 4.